The van der Waals surface area contributed by atoms with Crippen LogP contribution in [0.15, 0.2) is 64.9 Å². The van der Waals surface area contributed by atoms with E-state index in [1.165, 1.54) is 16.7 Å². The maximum atomic E-state index is 6.03. The Morgan fingerprint density at radius 3 is 2.62 bits per heavy atom. The topological polar surface area (TPSA) is 63.8 Å². The monoisotopic (exact) mass is 430 g/mol. The van der Waals surface area contributed by atoms with Crippen molar-refractivity contribution in [2.24, 2.45) is 23.7 Å². The third-order valence-corrected chi connectivity index (χ3v) is 6.70. The number of hydrogen-bond donors (Lipinski definition) is 1. The molecular weight excluding hydrogens is 396 g/mol. The van der Waals surface area contributed by atoms with Crippen molar-refractivity contribution in [2.45, 2.75) is 47.1 Å². The molecule has 4 rings (SSSR count). The van der Waals surface area contributed by atoms with Crippen molar-refractivity contribution in [3.63, 3.8) is 0 Å². The van der Waals surface area contributed by atoms with Gasteiger partial charge in [0.05, 0.1) is 0 Å². The van der Waals surface area contributed by atoms with Crippen molar-refractivity contribution in [3.05, 3.63) is 77.5 Å². The lowest BCUT2D eigenvalue weighted by Crippen LogP contribution is -2.34. The lowest BCUT2D eigenvalue weighted by Gasteiger charge is -2.37. The van der Waals surface area contributed by atoms with Gasteiger partial charge in [-0.2, -0.15) is 0 Å². The van der Waals surface area contributed by atoms with Crippen molar-refractivity contribution in [1.29, 1.82) is 0 Å². The minimum atomic E-state index is 0.447. The summed E-state index contributed by atoms with van der Waals surface area (Å²) in [7, 11) is 0. The highest BCUT2D eigenvalue weighted by Gasteiger charge is 2.32. The molecule has 1 aliphatic rings. The van der Waals surface area contributed by atoms with Crippen LogP contribution in [0.3, 0.4) is 0 Å². The average Bonchev–Trinajstić information content (AvgIpc) is 3.25. The summed E-state index contributed by atoms with van der Waals surface area (Å²) in [5.74, 6) is 3.57. The van der Waals surface area contributed by atoms with Crippen LogP contribution < -0.4 is 5.32 Å². The second kappa shape index (κ2) is 10.2. The summed E-state index contributed by atoms with van der Waals surface area (Å²) in [4.78, 5) is 4.21. The van der Waals surface area contributed by atoms with E-state index < -0.39 is 0 Å². The Morgan fingerprint density at radius 1 is 1.09 bits per heavy atom. The summed E-state index contributed by atoms with van der Waals surface area (Å²) in [6.07, 6.45) is 8.19. The van der Waals surface area contributed by atoms with Crippen LogP contribution in [0.5, 0.6) is 0 Å². The Bertz CT molecular complexity index is 1020. The summed E-state index contributed by atoms with van der Waals surface area (Å²) in [6.45, 7) is 10.9. The van der Waals surface area contributed by atoms with Crippen LogP contribution in [0.1, 0.15) is 44.2 Å². The first-order valence-corrected chi connectivity index (χ1v) is 11.7. The number of aryl methyl sites for hydroxylation is 1. The fraction of sp³-hybridized carbons (Fsp3) is 0.444. The quantitative estimate of drug-likeness (QED) is 0.470. The maximum absolute atomic E-state index is 6.03. The molecule has 1 aromatic carbocycles. The third-order valence-electron chi connectivity index (χ3n) is 6.70. The van der Waals surface area contributed by atoms with Crippen molar-refractivity contribution >= 4 is 0 Å². The smallest absolute Gasteiger partial charge is 0.247 e. The molecule has 0 spiro atoms. The van der Waals surface area contributed by atoms with E-state index in [9.17, 15) is 0 Å². The number of benzene rings is 1. The van der Waals surface area contributed by atoms with Crippen molar-refractivity contribution < 1.29 is 4.42 Å². The molecule has 3 aromatic rings. The van der Waals surface area contributed by atoms with Crippen LogP contribution in [-0.2, 0) is 13.0 Å². The Hall–Kier alpha value is -2.79. The van der Waals surface area contributed by atoms with Gasteiger partial charge in [-0.25, -0.2) is 0 Å². The predicted octanol–water partition coefficient (Wildman–Crippen LogP) is 5.63. The summed E-state index contributed by atoms with van der Waals surface area (Å²) in [6, 6.07) is 12.3. The molecule has 1 aliphatic carbocycles. The number of allylic oxidation sites excluding steroid dienone is 1. The van der Waals surface area contributed by atoms with E-state index in [0.717, 1.165) is 37.4 Å². The highest BCUT2D eigenvalue weighted by Crippen LogP contribution is 2.38. The molecule has 1 N–H and O–H groups in total. The lowest BCUT2D eigenvalue weighted by molar-refractivity contribution is 0.218. The van der Waals surface area contributed by atoms with E-state index in [1.54, 1.807) is 0 Å². The second-order valence-corrected chi connectivity index (χ2v) is 9.48. The van der Waals surface area contributed by atoms with Crippen LogP contribution >= 0.6 is 0 Å². The summed E-state index contributed by atoms with van der Waals surface area (Å²) < 4.78 is 6.03. The molecule has 5 nitrogen and oxygen atoms in total. The van der Waals surface area contributed by atoms with Crippen LogP contribution in [0.25, 0.3) is 11.5 Å². The molecule has 0 bridgehead atoms. The van der Waals surface area contributed by atoms with E-state index in [2.05, 4.69) is 72.5 Å². The van der Waals surface area contributed by atoms with Crippen molar-refractivity contribution in [3.8, 4) is 11.5 Å². The SMILES string of the molecule is CC1=C[C@@H](CNCc2cccnc2)[C@H](C(C)C)C[C@H]1Cc1nnc(-c2ccc(C)cc2)o1. The normalized spacial score (nSPS) is 21.0. The molecule has 3 atom stereocenters. The fourth-order valence-corrected chi connectivity index (χ4v) is 4.75. The molecule has 168 valence electrons. The van der Waals surface area contributed by atoms with E-state index in [0.29, 0.717) is 29.6 Å². The molecule has 2 aromatic heterocycles. The van der Waals surface area contributed by atoms with Gasteiger partial charge >= 0.3 is 0 Å². The third kappa shape index (κ3) is 5.52. The summed E-state index contributed by atoms with van der Waals surface area (Å²) in [5.41, 5.74) is 4.86. The first kappa shape index (κ1) is 22.4. The molecule has 5 heteroatoms. The standard InChI is InChI=1S/C27H34N4O/c1-18(2)25-13-23(14-26-30-31-27(32-26)22-9-7-19(3)8-10-22)20(4)12-24(25)17-29-16-21-6-5-11-28-15-21/h5-12,15,18,23-25,29H,13-14,16-17H2,1-4H3/t23-,24-,25-/m0/s1. The summed E-state index contributed by atoms with van der Waals surface area (Å²) in [5, 5.41) is 12.3. The van der Waals surface area contributed by atoms with Gasteiger partial charge in [-0.15, -0.1) is 10.2 Å². The minimum absolute atomic E-state index is 0.447. The van der Waals surface area contributed by atoms with E-state index in [-0.39, 0.29) is 0 Å². The van der Waals surface area contributed by atoms with Gasteiger partial charge in [0.2, 0.25) is 11.8 Å². The van der Waals surface area contributed by atoms with Gasteiger partial charge in [0, 0.05) is 37.5 Å². The van der Waals surface area contributed by atoms with Crippen molar-refractivity contribution in [2.75, 3.05) is 6.54 Å². The molecule has 0 saturated heterocycles. The predicted molar refractivity (Wildman–Crippen MR) is 128 cm³/mol. The largest absolute Gasteiger partial charge is 0.421 e. The number of nitrogens with one attached hydrogen (secondary N) is 1. The van der Waals surface area contributed by atoms with Crippen molar-refractivity contribution in [1.82, 2.24) is 20.5 Å². The highest BCUT2D eigenvalue weighted by atomic mass is 16.4. The first-order valence-electron chi connectivity index (χ1n) is 11.7. The van der Waals surface area contributed by atoms with Gasteiger partial charge in [0.1, 0.15) is 0 Å². The van der Waals surface area contributed by atoms with Gasteiger partial charge in [-0.05, 0) is 67.7 Å². The number of rotatable bonds is 8. The summed E-state index contributed by atoms with van der Waals surface area (Å²) >= 11 is 0. The van der Waals surface area contributed by atoms with Crippen LogP contribution in [-0.4, -0.2) is 21.7 Å². The van der Waals surface area contributed by atoms with Gasteiger partial charge in [0.25, 0.3) is 0 Å². The average molecular weight is 431 g/mol. The van der Waals surface area contributed by atoms with Crippen LogP contribution in [0.4, 0.5) is 0 Å². The Balaban J connectivity index is 1.40. The molecular formula is C27H34N4O. The molecule has 0 fully saturated rings. The molecule has 0 aliphatic heterocycles. The highest BCUT2D eigenvalue weighted by molar-refractivity contribution is 5.52. The van der Waals surface area contributed by atoms with Gasteiger partial charge in [-0.3, -0.25) is 4.98 Å². The number of nitrogens with zero attached hydrogens (tertiary/aromatic N) is 3. The molecule has 32 heavy (non-hydrogen) atoms. The number of pyridine rings is 1. The van der Waals surface area contributed by atoms with E-state index >= 15 is 0 Å². The van der Waals surface area contributed by atoms with Gasteiger partial charge in [0.15, 0.2) is 0 Å². The molecule has 0 amide bonds. The number of aromatic nitrogens is 3. The molecule has 2 heterocycles. The van der Waals surface area contributed by atoms with Crippen LogP contribution in [0.2, 0.25) is 0 Å². The van der Waals surface area contributed by atoms with E-state index in [1.807, 2.05) is 30.6 Å². The van der Waals surface area contributed by atoms with Gasteiger partial charge < -0.3 is 9.73 Å². The Morgan fingerprint density at radius 2 is 1.91 bits per heavy atom. The second-order valence-electron chi connectivity index (χ2n) is 9.48. The number of hydrogen-bond acceptors (Lipinski definition) is 5. The zero-order valence-electron chi connectivity index (χ0n) is 19.6. The first-order chi connectivity index (χ1) is 15.5. The Kier molecular flexibility index (Phi) is 7.15. The zero-order valence-corrected chi connectivity index (χ0v) is 19.6. The van der Waals surface area contributed by atoms with Gasteiger partial charge in [-0.1, -0.05) is 49.3 Å². The van der Waals surface area contributed by atoms with E-state index in [4.69, 9.17) is 4.42 Å². The Labute approximate surface area is 191 Å². The maximum Gasteiger partial charge on any atom is 0.247 e. The lowest BCUT2D eigenvalue weighted by atomic mass is 9.70. The molecule has 0 unspecified atom stereocenters. The zero-order chi connectivity index (χ0) is 22.5. The minimum Gasteiger partial charge on any atom is -0.421 e. The fourth-order valence-electron chi connectivity index (χ4n) is 4.75. The molecule has 0 saturated carbocycles. The van der Waals surface area contributed by atoms with Crippen LogP contribution in [0, 0.1) is 30.6 Å². The molecule has 0 radical (unpaired) electrons.